The van der Waals surface area contributed by atoms with Crippen molar-refractivity contribution < 1.29 is 14.5 Å². The molecule has 1 N–H and O–H groups in total. The van der Waals surface area contributed by atoms with E-state index in [1.165, 1.54) is 6.07 Å². The zero-order chi connectivity index (χ0) is 20.9. The molecule has 4 rings (SSSR count). The lowest BCUT2D eigenvalue weighted by molar-refractivity contribution is -0.384. The second-order valence-electron chi connectivity index (χ2n) is 6.93. The van der Waals surface area contributed by atoms with E-state index in [1.807, 2.05) is 59.5 Å². The van der Waals surface area contributed by atoms with Gasteiger partial charge in [-0.2, -0.15) is 0 Å². The summed E-state index contributed by atoms with van der Waals surface area (Å²) in [6.07, 6.45) is 0. The molecule has 1 heterocycles. The Balaban J connectivity index is 1.62. The number of nitro groups is 1. The highest BCUT2D eigenvalue weighted by Gasteiger charge is 2.23. The first-order valence-corrected chi connectivity index (χ1v) is 9.70. The average Bonchev–Trinajstić information content (AvgIpc) is 2.80. The standard InChI is InChI=1S/C23H21N3O4/c27-23(24-20-9-5-4-8-19(20)17-6-2-1-3-7-17)18-10-11-21(22(16-18)26(28)29)25-12-14-30-15-13-25/h1-11,16H,12-15H2,(H,24,27). The number of amides is 1. The first-order chi connectivity index (χ1) is 14.6. The molecule has 1 fully saturated rings. The zero-order valence-electron chi connectivity index (χ0n) is 16.3. The number of nitrogens with zero attached hydrogens (tertiary/aromatic N) is 2. The van der Waals surface area contributed by atoms with Gasteiger partial charge >= 0.3 is 0 Å². The molecule has 1 amide bonds. The molecular formula is C23H21N3O4. The lowest BCUT2D eigenvalue weighted by Gasteiger charge is -2.28. The Bertz CT molecular complexity index is 1060. The third-order valence-electron chi connectivity index (χ3n) is 5.05. The van der Waals surface area contributed by atoms with E-state index in [2.05, 4.69) is 5.32 Å². The molecule has 3 aromatic rings. The van der Waals surface area contributed by atoms with E-state index in [0.717, 1.165) is 11.1 Å². The van der Waals surface area contributed by atoms with Crippen molar-refractivity contribution in [2.24, 2.45) is 0 Å². The van der Waals surface area contributed by atoms with Crippen LogP contribution in [0, 0.1) is 10.1 Å². The molecule has 0 aromatic heterocycles. The minimum absolute atomic E-state index is 0.0825. The first kappa shape index (κ1) is 19.6. The molecule has 0 aliphatic carbocycles. The normalized spacial score (nSPS) is 13.7. The lowest BCUT2D eigenvalue weighted by atomic mass is 10.0. The summed E-state index contributed by atoms with van der Waals surface area (Å²) < 4.78 is 5.32. The van der Waals surface area contributed by atoms with E-state index >= 15 is 0 Å². The fourth-order valence-electron chi connectivity index (χ4n) is 3.54. The van der Waals surface area contributed by atoms with Crippen LogP contribution in [0.5, 0.6) is 0 Å². The highest BCUT2D eigenvalue weighted by Crippen LogP contribution is 2.31. The highest BCUT2D eigenvalue weighted by atomic mass is 16.6. The number of rotatable bonds is 5. The average molecular weight is 403 g/mol. The molecule has 30 heavy (non-hydrogen) atoms. The lowest BCUT2D eigenvalue weighted by Crippen LogP contribution is -2.36. The van der Waals surface area contributed by atoms with Gasteiger partial charge in [0, 0.05) is 36.0 Å². The molecular weight excluding hydrogens is 382 g/mol. The maximum atomic E-state index is 12.9. The number of hydrogen-bond acceptors (Lipinski definition) is 5. The molecule has 1 aliphatic rings. The number of anilines is 2. The third-order valence-corrected chi connectivity index (χ3v) is 5.05. The van der Waals surface area contributed by atoms with Gasteiger partial charge in [0.05, 0.1) is 18.1 Å². The van der Waals surface area contributed by atoms with Crippen molar-refractivity contribution in [1.29, 1.82) is 0 Å². The topological polar surface area (TPSA) is 84.7 Å². The number of hydrogen-bond donors (Lipinski definition) is 1. The minimum Gasteiger partial charge on any atom is -0.378 e. The van der Waals surface area contributed by atoms with E-state index in [0.29, 0.717) is 37.7 Å². The molecule has 7 nitrogen and oxygen atoms in total. The van der Waals surface area contributed by atoms with Crippen LogP contribution in [0.2, 0.25) is 0 Å². The molecule has 0 atom stereocenters. The summed E-state index contributed by atoms with van der Waals surface area (Å²) in [6.45, 7) is 2.21. The van der Waals surface area contributed by atoms with Crippen molar-refractivity contribution in [1.82, 2.24) is 0 Å². The van der Waals surface area contributed by atoms with Gasteiger partial charge < -0.3 is 15.0 Å². The molecule has 1 saturated heterocycles. The SMILES string of the molecule is O=C(Nc1ccccc1-c1ccccc1)c1ccc(N2CCOCC2)c([N+](=O)[O-])c1. The van der Waals surface area contributed by atoms with Gasteiger partial charge in [-0.1, -0.05) is 48.5 Å². The summed E-state index contributed by atoms with van der Waals surface area (Å²) in [6, 6.07) is 21.8. The van der Waals surface area contributed by atoms with Crippen LogP contribution in [0.4, 0.5) is 17.1 Å². The van der Waals surface area contributed by atoms with E-state index in [1.54, 1.807) is 12.1 Å². The highest BCUT2D eigenvalue weighted by molar-refractivity contribution is 6.07. The number of nitro benzene ring substituents is 1. The molecule has 3 aromatic carbocycles. The number of nitrogens with one attached hydrogen (secondary N) is 1. The minimum atomic E-state index is -0.445. The van der Waals surface area contributed by atoms with Crippen molar-refractivity contribution in [2.45, 2.75) is 0 Å². The Kier molecular flexibility index (Phi) is 5.72. The molecule has 0 bridgehead atoms. The van der Waals surface area contributed by atoms with E-state index in [4.69, 9.17) is 4.74 Å². The Labute approximate surface area is 174 Å². The van der Waals surface area contributed by atoms with Crippen molar-refractivity contribution in [3.8, 4) is 11.1 Å². The van der Waals surface area contributed by atoms with Crippen LogP contribution in [0.25, 0.3) is 11.1 Å². The molecule has 1 aliphatic heterocycles. The number of carbonyl (C=O) groups excluding carboxylic acids is 1. The molecule has 0 radical (unpaired) electrons. The van der Waals surface area contributed by atoms with Gasteiger partial charge in [-0.15, -0.1) is 0 Å². The summed E-state index contributed by atoms with van der Waals surface area (Å²) in [5.74, 6) is -0.394. The molecule has 152 valence electrons. The summed E-state index contributed by atoms with van der Waals surface area (Å²) in [7, 11) is 0. The largest absolute Gasteiger partial charge is 0.378 e. The molecule has 7 heteroatoms. The van der Waals surface area contributed by atoms with Crippen LogP contribution in [0.1, 0.15) is 10.4 Å². The van der Waals surface area contributed by atoms with Gasteiger partial charge in [0.1, 0.15) is 5.69 Å². The van der Waals surface area contributed by atoms with E-state index < -0.39 is 10.8 Å². The molecule has 0 saturated carbocycles. The van der Waals surface area contributed by atoms with Crippen LogP contribution in [0.15, 0.2) is 72.8 Å². The fraction of sp³-hybridized carbons (Fsp3) is 0.174. The predicted molar refractivity (Wildman–Crippen MR) is 116 cm³/mol. The Morgan fingerprint density at radius 1 is 0.967 bits per heavy atom. The van der Waals surface area contributed by atoms with Crippen LogP contribution < -0.4 is 10.2 Å². The van der Waals surface area contributed by atoms with Crippen molar-refractivity contribution >= 4 is 23.0 Å². The number of morpholine rings is 1. The van der Waals surface area contributed by atoms with Crippen LogP contribution in [-0.4, -0.2) is 37.1 Å². The third kappa shape index (κ3) is 4.16. The smallest absolute Gasteiger partial charge is 0.293 e. The monoisotopic (exact) mass is 403 g/mol. The van der Waals surface area contributed by atoms with Gasteiger partial charge in [0.2, 0.25) is 0 Å². The number of benzene rings is 3. The zero-order valence-corrected chi connectivity index (χ0v) is 16.3. The van der Waals surface area contributed by atoms with Crippen molar-refractivity contribution in [3.63, 3.8) is 0 Å². The Morgan fingerprint density at radius 2 is 1.67 bits per heavy atom. The van der Waals surface area contributed by atoms with Crippen molar-refractivity contribution in [3.05, 3.63) is 88.5 Å². The Morgan fingerprint density at radius 3 is 2.40 bits per heavy atom. The predicted octanol–water partition coefficient (Wildman–Crippen LogP) is 4.35. The fourth-order valence-corrected chi connectivity index (χ4v) is 3.54. The van der Waals surface area contributed by atoms with Gasteiger partial charge in [-0.05, 0) is 23.8 Å². The number of carbonyl (C=O) groups is 1. The van der Waals surface area contributed by atoms with Crippen LogP contribution in [0.3, 0.4) is 0 Å². The summed E-state index contributed by atoms with van der Waals surface area (Å²) in [4.78, 5) is 26.0. The van der Waals surface area contributed by atoms with Crippen LogP contribution >= 0.6 is 0 Å². The summed E-state index contributed by atoms with van der Waals surface area (Å²) in [5, 5.41) is 14.5. The van der Waals surface area contributed by atoms with E-state index in [9.17, 15) is 14.9 Å². The molecule has 0 unspecified atom stereocenters. The first-order valence-electron chi connectivity index (χ1n) is 9.70. The van der Waals surface area contributed by atoms with Gasteiger partial charge in [0.25, 0.3) is 11.6 Å². The van der Waals surface area contributed by atoms with Gasteiger partial charge in [0.15, 0.2) is 0 Å². The number of para-hydroxylation sites is 1. The van der Waals surface area contributed by atoms with Gasteiger partial charge in [-0.25, -0.2) is 0 Å². The Hall–Kier alpha value is -3.71. The number of ether oxygens (including phenoxy) is 1. The van der Waals surface area contributed by atoms with Crippen molar-refractivity contribution in [2.75, 3.05) is 36.5 Å². The maximum absolute atomic E-state index is 12.9. The second kappa shape index (κ2) is 8.75. The molecule has 0 spiro atoms. The van der Waals surface area contributed by atoms with Crippen LogP contribution in [-0.2, 0) is 4.74 Å². The summed E-state index contributed by atoms with van der Waals surface area (Å²) >= 11 is 0. The van der Waals surface area contributed by atoms with Gasteiger partial charge in [-0.3, -0.25) is 14.9 Å². The summed E-state index contributed by atoms with van der Waals surface area (Å²) in [5.41, 5.74) is 3.16. The maximum Gasteiger partial charge on any atom is 0.293 e. The van der Waals surface area contributed by atoms with E-state index in [-0.39, 0.29) is 11.3 Å². The second-order valence-corrected chi connectivity index (χ2v) is 6.93. The quantitative estimate of drug-likeness (QED) is 0.506.